The summed E-state index contributed by atoms with van der Waals surface area (Å²) < 4.78 is 5.48. The Bertz CT molecular complexity index is 527. The number of hydrogen-bond acceptors (Lipinski definition) is 5. The highest BCUT2D eigenvalue weighted by Gasteiger charge is 2.23. The molecule has 3 N–H and O–H groups in total. The van der Waals surface area contributed by atoms with Gasteiger partial charge in [0.2, 0.25) is 0 Å². The van der Waals surface area contributed by atoms with Crippen LogP contribution in [0.3, 0.4) is 0 Å². The van der Waals surface area contributed by atoms with E-state index in [1.54, 1.807) is 6.08 Å². The van der Waals surface area contributed by atoms with Crippen LogP contribution < -0.4 is 15.5 Å². The Morgan fingerprint density at radius 2 is 2.17 bits per heavy atom. The van der Waals surface area contributed by atoms with E-state index < -0.39 is 0 Å². The molecule has 1 aromatic carbocycles. The van der Waals surface area contributed by atoms with Gasteiger partial charge in [-0.2, -0.15) is 0 Å². The number of anilines is 1. The maximum Gasteiger partial charge on any atom is 0.0642 e. The molecular formula is C18H27N3O2. The third-order valence-electron chi connectivity index (χ3n) is 4.56. The van der Waals surface area contributed by atoms with E-state index >= 15 is 0 Å². The zero-order chi connectivity index (χ0) is 15.9. The predicted octanol–water partition coefficient (Wildman–Crippen LogP) is 0.676. The van der Waals surface area contributed by atoms with Crippen LogP contribution in [0.25, 0.3) is 0 Å². The highest BCUT2D eigenvalue weighted by molar-refractivity contribution is 5.58. The SMILES string of the molecule is OC/C=C/CNCC1Cc2c(cccc2N2CCOCC2)CN1. The van der Waals surface area contributed by atoms with Gasteiger partial charge in [-0.25, -0.2) is 0 Å². The number of aliphatic hydroxyl groups is 1. The van der Waals surface area contributed by atoms with Gasteiger partial charge in [-0.3, -0.25) is 0 Å². The largest absolute Gasteiger partial charge is 0.392 e. The minimum atomic E-state index is 0.111. The summed E-state index contributed by atoms with van der Waals surface area (Å²) in [7, 11) is 0. The van der Waals surface area contributed by atoms with Crippen molar-refractivity contribution in [2.45, 2.75) is 19.0 Å². The minimum absolute atomic E-state index is 0.111. The predicted molar refractivity (Wildman–Crippen MR) is 92.9 cm³/mol. The van der Waals surface area contributed by atoms with E-state index in [0.717, 1.165) is 52.4 Å². The van der Waals surface area contributed by atoms with Gasteiger partial charge in [0.25, 0.3) is 0 Å². The van der Waals surface area contributed by atoms with Gasteiger partial charge in [0, 0.05) is 44.5 Å². The average molecular weight is 317 g/mol. The number of aliphatic hydroxyl groups excluding tert-OH is 1. The van der Waals surface area contributed by atoms with Crippen molar-refractivity contribution in [1.82, 2.24) is 10.6 Å². The zero-order valence-corrected chi connectivity index (χ0v) is 13.6. The molecule has 3 rings (SSSR count). The summed E-state index contributed by atoms with van der Waals surface area (Å²) in [6.07, 6.45) is 4.79. The molecular weight excluding hydrogens is 290 g/mol. The molecule has 1 saturated heterocycles. The summed E-state index contributed by atoms with van der Waals surface area (Å²) in [5.74, 6) is 0. The van der Waals surface area contributed by atoms with Gasteiger partial charge in [-0.05, 0) is 23.6 Å². The second kappa shape index (κ2) is 8.45. The van der Waals surface area contributed by atoms with Crippen LogP contribution in [0.5, 0.6) is 0 Å². The van der Waals surface area contributed by atoms with Crippen molar-refractivity contribution in [3.8, 4) is 0 Å². The van der Waals surface area contributed by atoms with E-state index in [9.17, 15) is 0 Å². The molecule has 1 fully saturated rings. The number of fused-ring (bicyclic) bond motifs is 1. The minimum Gasteiger partial charge on any atom is -0.392 e. The van der Waals surface area contributed by atoms with Crippen LogP contribution in [-0.4, -0.2) is 57.1 Å². The van der Waals surface area contributed by atoms with Crippen molar-refractivity contribution in [3.63, 3.8) is 0 Å². The van der Waals surface area contributed by atoms with Gasteiger partial charge in [0.05, 0.1) is 19.8 Å². The van der Waals surface area contributed by atoms with Crippen LogP contribution in [0, 0.1) is 0 Å². The van der Waals surface area contributed by atoms with E-state index in [1.165, 1.54) is 16.8 Å². The van der Waals surface area contributed by atoms with E-state index in [0.29, 0.717) is 6.04 Å². The summed E-state index contributed by atoms with van der Waals surface area (Å²) in [5, 5.41) is 15.8. The number of nitrogens with one attached hydrogen (secondary N) is 2. The smallest absolute Gasteiger partial charge is 0.0642 e. The first-order valence-electron chi connectivity index (χ1n) is 8.52. The van der Waals surface area contributed by atoms with Crippen molar-refractivity contribution >= 4 is 5.69 Å². The lowest BCUT2D eigenvalue weighted by Gasteiger charge is -2.34. The standard InChI is InChI=1S/C18H27N3O2/c22-9-2-1-6-19-14-16-12-17-15(13-20-16)4-3-5-18(17)21-7-10-23-11-8-21/h1-5,16,19-20,22H,6-14H2/b2-1+. The Labute approximate surface area is 138 Å². The third kappa shape index (κ3) is 4.32. The molecule has 0 aliphatic carbocycles. The molecule has 2 heterocycles. The molecule has 5 heteroatoms. The van der Waals surface area contributed by atoms with Crippen molar-refractivity contribution in [1.29, 1.82) is 0 Å². The van der Waals surface area contributed by atoms with E-state index in [-0.39, 0.29) is 6.61 Å². The molecule has 126 valence electrons. The first-order chi connectivity index (χ1) is 11.4. The Kier molecular flexibility index (Phi) is 6.05. The first kappa shape index (κ1) is 16.5. The Hall–Kier alpha value is -1.40. The molecule has 0 aromatic heterocycles. The monoisotopic (exact) mass is 317 g/mol. The average Bonchev–Trinajstić information content (AvgIpc) is 2.62. The van der Waals surface area contributed by atoms with Crippen LogP contribution in [0.15, 0.2) is 30.4 Å². The van der Waals surface area contributed by atoms with Crippen LogP contribution >= 0.6 is 0 Å². The topological polar surface area (TPSA) is 56.8 Å². The summed E-state index contributed by atoms with van der Waals surface area (Å²) in [4.78, 5) is 2.46. The van der Waals surface area contributed by atoms with Gasteiger partial charge in [0.15, 0.2) is 0 Å². The molecule has 1 unspecified atom stereocenters. The van der Waals surface area contributed by atoms with Gasteiger partial charge >= 0.3 is 0 Å². The maximum absolute atomic E-state index is 8.74. The van der Waals surface area contributed by atoms with Gasteiger partial charge < -0.3 is 25.4 Å². The highest BCUT2D eigenvalue weighted by Crippen LogP contribution is 2.28. The lowest BCUT2D eigenvalue weighted by molar-refractivity contribution is 0.122. The molecule has 0 bridgehead atoms. The quantitative estimate of drug-likeness (QED) is 0.532. The van der Waals surface area contributed by atoms with Crippen LogP contribution in [-0.2, 0) is 17.7 Å². The number of nitrogens with zero attached hydrogens (tertiary/aromatic N) is 1. The number of morpholine rings is 1. The first-order valence-corrected chi connectivity index (χ1v) is 8.52. The summed E-state index contributed by atoms with van der Waals surface area (Å²) in [6.45, 7) is 6.40. The lowest BCUT2D eigenvalue weighted by Crippen LogP contribution is -2.44. The molecule has 2 aliphatic rings. The van der Waals surface area contributed by atoms with Crippen molar-refractivity contribution in [2.24, 2.45) is 0 Å². The van der Waals surface area contributed by atoms with E-state index in [2.05, 4.69) is 33.7 Å². The van der Waals surface area contributed by atoms with Crippen LogP contribution in [0.4, 0.5) is 5.69 Å². The second-order valence-electron chi connectivity index (χ2n) is 6.11. The summed E-state index contributed by atoms with van der Waals surface area (Å²) >= 11 is 0. The molecule has 2 aliphatic heterocycles. The number of ether oxygens (including phenoxy) is 1. The van der Waals surface area contributed by atoms with Crippen LogP contribution in [0.2, 0.25) is 0 Å². The normalized spacial score (nSPS) is 21.6. The fraction of sp³-hybridized carbons (Fsp3) is 0.556. The van der Waals surface area contributed by atoms with Crippen LogP contribution in [0.1, 0.15) is 11.1 Å². The van der Waals surface area contributed by atoms with Gasteiger partial charge in [0.1, 0.15) is 0 Å². The van der Waals surface area contributed by atoms with Gasteiger partial charge in [-0.15, -0.1) is 0 Å². The Balaban J connectivity index is 1.63. The Morgan fingerprint density at radius 1 is 1.30 bits per heavy atom. The van der Waals surface area contributed by atoms with Crippen molar-refractivity contribution in [2.75, 3.05) is 50.9 Å². The highest BCUT2D eigenvalue weighted by atomic mass is 16.5. The fourth-order valence-electron chi connectivity index (χ4n) is 3.34. The molecule has 1 atom stereocenters. The van der Waals surface area contributed by atoms with E-state index in [4.69, 9.17) is 9.84 Å². The van der Waals surface area contributed by atoms with E-state index in [1.807, 2.05) is 6.08 Å². The maximum atomic E-state index is 8.74. The fourth-order valence-corrected chi connectivity index (χ4v) is 3.34. The number of benzene rings is 1. The molecule has 0 amide bonds. The molecule has 0 spiro atoms. The van der Waals surface area contributed by atoms with Gasteiger partial charge in [-0.1, -0.05) is 24.3 Å². The molecule has 1 aromatic rings. The molecule has 23 heavy (non-hydrogen) atoms. The van der Waals surface area contributed by atoms with Crippen molar-refractivity contribution < 1.29 is 9.84 Å². The number of rotatable bonds is 6. The summed E-state index contributed by atoms with van der Waals surface area (Å²) in [5.41, 5.74) is 4.30. The molecule has 0 saturated carbocycles. The van der Waals surface area contributed by atoms with Crippen molar-refractivity contribution in [3.05, 3.63) is 41.5 Å². The zero-order valence-electron chi connectivity index (χ0n) is 13.6. The lowest BCUT2D eigenvalue weighted by atomic mass is 9.93. The summed E-state index contributed by atoms with van der Waals surface area (Å²) in [6, 6.07) is 7.11. The second-order valence-corrected chi connectivity index (χ2v) is 6.11. The Morgan fingerprint density at radius 3 is 3.00 bits per heavy atom. The molecule has 5 nitrogen and oxygen atoms in total. The number of hydrogen-bond donors (Lipinski definition) is 3. The molecule has 0 radical (unpaired) electrons. The third-order valence-corrected chi connectivity index (χ3v) is 4.56.